The Morgan fingerprint density at radius 1 is 1.27 bits per heavy atom. The lowest BCUT2D eigenvalue weighted by Crippen LogP contribution is -2.20. The molecule has 0 heterocycles. The van der Waals surface area contributed by atoms with Gasteiger partial charge in [-0.3, -0.25) is 0 Å². The summed E-state index contributed by atoms with van der Waals surface area (Å²) in [5.41, 5.74) is 2.10. The van der Waals surface area contributed by atoms with Crippen molar-refractivity contribution in [3.05, 3.63) is 30.3 Å². The van der Waals surface area contributed by atoms with Gasteiger partial charge in [0.15, 0.2) is 5.11 Å². The van der Waals surface area contributed by atoms with Gasteiger partial charge in [-0.25, -0.2) is 0 Å². The third-order valence-electron chi connectivity index (χ3n) is 1.12. The molecule has 1 aromatic carbocycles. The number of anilines is 1. The predicted octanol–water partition coefficient (Wildman–Crippen LogP) is 1.86. The molecule has 0 atom stereocenters. The van der Waals surface area contributed by atoms with Gasteiger partial charge in [0, 0.05) is 5.69 Å². The predicted molar refractivity (Wildman–Crippen MR) is 46.9 cm³/mol. The van der Waals surface area contributed by atoms with E-state index in [0.29, 0.717) is 0 Å². The summed E-state index contributed by atoms with van der Waals surface area (Å²) >= 11 is 4.54. The fourth-order valence-electron chi connectivity index (χ4n) is 0.676. The summed E-state index contributed by atoms with van der Waals surface area (Å²) in [7, 11) is 0. The number of para-hydroxylation sites is 1. The van der Waals surface area contributed by atoms with E-state index in [2.05, 4.69) is 17.5 Å². The second-order valence-electron chi connectivity index (χ2n) is 1.91. The van der Waals surface area contributed by atoms with Gasteiger partial charge in [-0.05, 0) is 24.4 Å². The van der Waals surface area contributed by atoms with Gasteiger partial charge in [0.1, 0.15) is 0 Å². The van der Waals surface area contributed by atoms with Crippen LogP contribution in [0.3, 0.4) is 0 Å². The Balaban J connectivity index is 2.58. The average molecular weight is 170 g/mol. The standard InChI is InChI=1S/C7H7FN2S/c8-10-7(11)9-6-4-2-1-3-5-6/h1-5H,(H2,9,10,11). The fourth-order valence-corrected chi connectivity index (χ4v) is 0.794. The minimum Gasteiger partial charge on any atom is -0.331 e. The molecule has 11 heavy (non-hydrogen) atoms. The maximum atomic E-state index is 11.6. The molecule has 2 nitrogen and oxygen atoms in total. The normalized spacial score (nSPS) is 8.82. The molecule has 58 valence electrons. The Labute approximate surface area is 69.4 Å². The number of halogens is 1. The van der Waals surface area contributed by atoms with Crippen molar-refractivity contribution in [3.63, 3.8) is 0 Å². The lowest BCUT2D eigenvalue weighted by atomic mass is 10.3. The third-order valence-corrected chi connectivity index (χ3v) is 1.30. The highest BCUT2D eigenvalue weighted by Crippen LogP contribution is 2.03. The van der Waals surface area contributed by atoms with Crippen LogP contribution in [-0.4, -0.2) is 5.11 Å². The molecule has 0 aliphatic heterocycles. The summed E-state index contributed by atoms with van der Waals surface area (Å²) in [6.07, 6.45) is 0. The van der Waals surface area contributed by atoms with Gasteiger partial charge in [0.25, 0.3) is 0 Å². The zero-order valence-electron chi connectivity index (χ0n) is 5.67. The van der Waals surface area contributed by atoms with Crippen LogP contribution in [0.25, 0.3) is 0 Å². The molecule has 0 spiro atoms. The molecule has 1 rings (SSSR count). The van der Waals surface area contributed by atoms with Crippen LogP contribution in [-0.2, 0) is 0 Å². The smallest absolute Gasteiger partial charge is 0.199 e. The second-order valence-corrected chi connectivity index (χ2v) is 2.32. The van der Waals surface area contributed by atoms with Crippen molar-refractivity contribution < 1.29 is 4.48 Å². The van der Waals surface area contributed by atoms with E-state index in [1.807, 2.05) is 18.2 Å². The number of benzene rings is 1. The molecule has 2 N–H and O–H groups in total. The Hall–Kier alpha value is -1.16. The average Bonchev–Trinajstić information content (AvgIpc) is 2.06. The van der Waals surface area contributed by atoms with Gasteiger partial charge in [-0.15, -0.1) is 4.48 Å². The number of thiocarbonyl (C=S) groups is 1. The summed E-state index contributed by atoms with van der Waals surface area (Å²) in [4.78, 5) is 0. The Kier molecular flexibility index (Phi) is 2.80. The van der Waals surface area contributed by atoms with Crippen molar-refractivity contribution in [3.8, 4) is 0 Å². The van der Waals surface area contributed by atoms with Crippen LogP contribution in [0.5, 0.6) is 0 Å². The largest absolute Gasteiger partial charge is 0.331 e. The van der Waals surface area contributed by atoms with Crippen LogP contribution >= 0.6 is 12.2 Å². The van der Waals surface area contributed by atoms with E-state index in [0.717, 1.165) is 5.69 Å². The molecular weight excluding hydrogens is 163 g/mol. The molecule has 0 amide bonds. The zero-order chi connectivity index (χ0) is 8.10. The molecule has 0 unspecified atom stereocenters. The molecule has 0 aliphatic rings. The number of hydrogen-bond acceptors (Lipinski definition) is 1. The molecule has 0 saturated heterocycles. The molecule has 0 saturated carbocycles. The van der Waals surface area contributed by atoms with E-state index >= 15 is 0 Å². The SMILES string of the molecule is FNC(=S)Nc1ccccc1. The van der Waals surface area contributed by atoms with E-state index in [9.17, 15) is 4.48 Å². The molecule has 0 fully saturated rings. The lowest BCUT2D eigenvalue weighted by Gasteiger charge is -2.02. The van der Waals surface area contributed by atoms with Crippen LogP contribution in [0.2, 0.25) is 0 Å². The Morgan fingerprint density at radius 3 is 2.45 bits per heavy atom. The maximum absolute atomic E-state index is 11.6. The molecule has 1 aromatic rings. The molecular formula is C7H7FN2S. The summed E-state index contributed by atoms with van der Waals surface area (Å²) in [5, 5.41) is 2.61. The topological polar surface area (TPSA) is 24.1 Å². The second kappa shape index (κ2) is 3.88. The summed E-state index contributed by atoms with van der Waals surface area (Å²) in [6, 6.07) is 9.14. The highest BCUT2D eigenvalue weighted by atomic mass is 32.1. The van der Waals surface area contributed by atoms with Crippen LogP contribution in [0.1, 0.15) is 0 Å². The van der Waals surface area contributed by atoms with E-state index < -0.39 is 0 Å². The maximum Gasteiger partial charge on any atom is 0.199 e. The van der Waals surface area contributed by atoms with Crippen molar-refractivity contribution in [2.75, 3.05) is 5.32 Å². The van der Waals surface area contributed by atoms with Crippen molar-refractivity contribution >= 4 is 23.0 Å². The lowest BCUT2D eigenvalue weighted by molar-refractivity contribution is 0.437. The molecule has 0 aliphatic carbocycles. The van der Waals surface area contributed by atoms with Crippen LogP contribution < -0.4 is 10.9 Å². The fraction of sp³-hybridized carbons (Fsp3) is 0. The quantitative estimate of drug-likeness (QED) is 0.497. The Morgan fingerprint density at radius 2 is 1.91 bits per heavy atom. The van der Waals surface area contributed by atoms with Crippen LogP contribution in [0.4, 0.5) is 10.2 Å². The third kappa shape index (κ3) is 2.51. The monoisotopic (exact) mass is 170 g/mol. The van der Waals surface area contributed by atoms with E-state index in [1.54, 1.807) is 12.1 Å². The summed E-state index contributed by atoms with van der Waals surface area (Å²) in [5.74, 6) is 0. The van der Waals surface area contributed by atoms with Gasteiger partial charge < -0.3 is 5.32 Å². The first-order valence-electron chi connectivity index (χ1n) is 3.05. The summed E-state index contributed by atoms with van der Waals surface area (Å²) in [6.45, 7) is 0. The van der Waals surface area contributed by atoms with Gasteiger partial charge in [0.05, 0.1) is 0 Å². The number of hydrogen-bond donors (Lipinski definition) is 2. The molecule has 0 bridgehead atoms. The first kappa shape index (κ1) is 7.94. The van der Waals surface area contributed by atoms with Crippen molar-refractivity contribution in [1.29, 1.82) is 0 Å². The molecule has 0 aromatic heterocycles. The van der Waals surface area contributed by atoms with Gasteiger partial charge in [0.2, 0.25) is 0 Å². The van der Waals surface area contributed by atoms with Gasteiger partial charge in [-0.2, -0.15) is 5.54 Å². The Bertz CT molecular complexity index is 237. The van der Waals surface area contributed by atoms with Crippen molar-refractivity contribution in [1.82, 2.24) is 5.54 Å². The highest BCUT2D eigenvalue weighted by molar-refractivity contribution is 7.80. The summed E-state index contributed by atoms with van der Waals surface area (Å²) < 4.78 is 11.6. The zero-order valence-corrected chi connectivity index (χ0v) is 6.49. The molecule has 4 heteroatoms. The number of rotatable bonds is 1. The van der Waals surface area contributed by atoms with Crippen molar-refractivity contribution in [2.45, 2.75) is 0 Å². The van der Waals surface area contributed by atoms with E-state index in [1.165, 1.54) is 5.54 Å². The first-order valence-corrected chi connectivity index (χ1v) is 3.46. The van der Waals surface area contributed by atoms with Crippen LogP contribution in [0, 0.1) is 0 Å². The highest BCUT2D eigenvalue weighted by Gasteiger charge is 1.92. The number of nitrogens with one attached hydrogen (secondary N) is 2. The van der Waals surface area contributed by atoms with Crippen molar-refractivity contribution in [2.24, 2.45) is 0 Å². The van der Waals surface area contributed by atoms with Gasteiger partial charge >= 0.3 is 0 Å². The van der Waals surface area contributed by atoms with Gasteiger partial charge in [-0.1, -0.05) is 18.2 Å². The first-order chi connectivity index (χ1) is 5.33. The van der Waals surface area contributed by atoms with Crippen LogP contribution in [0.15, 0.2) is 30.3 Å². The minimum atomic E-state index is -0.0313. The minimum absolute atomic E-state index is 0.0313. The van der Waals surface area contributed by atoms with E-state index in [4.69, 9.17) is 0 Å². The molecule has 0 radical (unpaired) electrons. The van der Waals surface area contributed by atoms with E-state index in [-0.39, 0.29) is 5.11 Å².